The molecule has 4 nitrogen and oxygen atoms in total. The Bertz CT molecular complexity index is 975. The maximum Gasteiger partial charge on any atom is 0.142 e. The van der Waals surface area contributed by atoms with Crippen molar-refractivity contribution in [1.29, 1.82) is 5.26 Å². The van der Waals surface area contributed by atoms with E-state index in [1.807, 2.05) is 55.5 Å². The Labute approximate surface area is 155 Å². The molecule has 0 bridgehead atoms. The first kappa shape index (κ1) is 17.0. The van der Waals surface area contributed by atoms with Crippen LogP contribution in [-0.4, -0.2) is 12.1 Å². The minimum Gasteiger partial charge on any atom is -0.496 e. The highest BCUT2D eigenvalue weighted by atomic mass is 79.9. The third-order valence-corrected chi connectivity index (χ3v) is 4.56. The van der Waals surface area contributed by atoms with E-state index in [4.69, 9.17) is 10.5 Å². The van der Waals surface area contributed by atoms with Gasteiger partial charge in [-0.3, -0.25) is 0 Å². The van der Waals surface area contributed by atoms with Crippen molar-refractivity contribution < 1.29 is 4.74 Å². The molecular weight excluding hydrogens is 378 g/mol. The zero-order valence-electron chi connectivity index (χ0n) is 13.9. The minimum atomic E-state index is 0.233. The van der Waals surface area contributed by atoms with Crippen molar-refractivity contribution in [2.24, 2.45) is 0 Å². The van der Waals surface area contributed by atoms with E-state index < -0.39 is 0 Å². The van der Waals surface area contributed by atoms with Crippen molar-refractivity contribution in [3.8, 4) is 34.1 Å². The molecule has 25 heavy (non-hydrogen) atoms. The zero-order valence-corrected chi connectivity index (χ0v) is 15.5. The van der Waals surface area contributed by atoms with Crippen LogP contribution in [0.15, 0.2) is 53.0 Å². The lowest BCUT2D eigenvalue weighted by Crippen LogP contribution is -2.04. The Morgan fingerprint density at radius 1 is 1.08 bits per heavy atom. The summed E-state index contributed by atoms with van der Waals surface area (Å²) in [5.74, 6) is 0.955. The molecule has 124 valence electrons. The normalized spacial score (nSPS) is 10.3. The van der Waals surface area contributed by atoms with Crippen molar-refractivity contribution in [2.75, 3.05) is 12.8 Å². The summed E-state index contributed by atoms with van der Waals surface area (Å²) in [6.07, 6.45) is 0. The minimum absolute atomic E-state index is 0.233. The lowest BCUT2D eigenvalue weighted by Gasteiger charge is -2.18. The summed E-state index contributed by atoms with van der Waals surface area (Å²) in [5, 5.41) is 9.69. The molecule has 0 fully saturated rings. The zero-order chi connectivity index (χ0) is 18.0. The van der Waals surface area contributed by atoms with Crippen LogP contribution in [0.4, 0.5) is 5.82 Å². The van der Waals surface area contributed by atoms with Gasteiger partial charge in [0, 0.05) is 26.9 Å². The number of ether oxygens (including phenoxy) is 1. The van der Waals surface area contributed by atoms with Crippen molar-refractivity contribution in [3.63, 3.8) is 0 Å². The van der Waals surface area contributed by atoms with Crippen LogP contribution in [0, 0.1) is 18.3 Å². The van der Waals surface area contributed by atoms with Crippen LogP contribution in [0.1, 0.15) is 11.3 Å². The average Bonchev–Trinajstić information content (AvgIpc) is 2.62. The molecule has 2 N–H and O–H groups in total. The topological polar surface area (TPSA) is 71.9 Å². The van der Waals surface area contributed by atoms with E-state index >= 15 is 0 Å². The number of rotatable bonds is 3. The van der Waals surface area contributed by atoms with Gasteiger partial charge in [0.25, 0.3) is 0 Å². The first-order valence-electron chi connectivity index (χ1n) is 7.66. The second-order valence-corrected chi connectivity index (χ2v) is 6.44. The highest BCUT2D eigenvalue weighted by Gasteiger charge is 2.21. The van der Waals surface area contributed by atoms with Crippen LogP contribution in [0.2, 0.25) is 0 Å². The Morgan fingerprint density at radius 3 is 2.40 bits per heavy atom. The summed E-state index contributed by atoms with van der Waals surface area (Å²) in [5.41, 5.74) is 10.6. The third-order valence-electron chi connectivity index (χ3n) is 4.03. The maximum absolute atomic E-state index is 9.69. The van der Waals surface area contributed by atoms with Gasteiger partial charge in [0.15, 0.2) is 0 Å². The first-order chi connectivity index (χ1) is 12.1. The summed E-state index contributed by atoms with van der Waals surface area (Å²) in [6.45, 7) is 1.89. The average molecular weight is 394 g/mol. The number of nitrogens with zero attached hydrogens (tertiary/aromatic N) is 2. The Hall–Kier alpha value is -2.84. The summed E-state index contributed by atoms with van der Waals surface area (Å²) >= 11 is 3.45. The van der Waals surface area contributed by atoms with Crippen LogP contribution < -0.4 is 10.5 Å². The van der Waals surface area contributed by atoms with E-state index in [0.29, 0.717) is 5.56 Å². The molecule has 0 radical (unpaired) electrons. The van der Waals surface area contributed by atoms with Crippen molar-refractivity contribution in [1.82, 2.24) is 4.98 Å². The predicted octanol–water partition coefficient (Wildman–Crippen LogP) is 4.95. The van der Waals surface area contributed by atoms with E-state index in [9.17, 15) is 5.26 Å². The van der Waals surface area contributed by atoms with Crippen LogP contribution in [-0.2, 0) is 0 Å². The molecule has 0 amide bonds. The number of nitrogen functional groups attached to an aromatic ring is 1. The molecule has 0 unspecified atom stereocenters. The van der Waals surface area contributed by atoms with Gasteiger partial charge in [-0.1, -0.05) is 46.3 Å². The molecule has 2 aromatic carbocycles. The number of methoxy groups -OCH3 is 1. The summed E-state index contributed by atoms with van der Waals surface area (Å²) < 4.78 is 6.48. The number of hydrogen-bond donors (Lipinski definition) is 1. The number of nitriles is 1. The van der Waals surface area contributed by atoms with E-state index in [0.717, 1.165) is 38.2 Å². The molecule has 3 rings (SSSR count). The van der Waals surface area contributed by atoms with Crippen molar-refractivity contribution in [3.05, 3.63) is 64.3 Å². The molecule has 0 aliphatic rings. The highest BCUT2D eigenvalue weighted by Crippen LogP contribution is 2.42. The lowest BCUT2D eigenvalue weighted by molar-refractivity contribution is 0.416. The van der Waals surface area contributed by atoms with Gasteiger partial charge in [-0.05, 0) is 30.7 Å². The van der Waals surface area contributed by atoms with E-state index in [1.165, 1.54) is 0 Å². The number of anilines is 1. The van der Waals surface area contributed by atoms with E-state index in [2.05, 4.69) is 27.0 Å². The molecule has 0 spiro atoms. The SMILES string of the molecule is COc1ccccc1-c1c(C)nc(N)c(C#N)c1-c1ccc(Br)cc1. The van der Waals surface area contributed by atoms with Gasteiger partial charge >= 0.3 is 0 Å². The van der Waals surface area contributed by atoms with E-state index in [1.54, 1.807) is 7.11 Å². The fraction of sp³-hybridized carbons (Fsp3) is 0.100. The predicted molar refractivity (Wildman–Crippen MR) is 103 cm³/mol. The van der Waals surface area contributed by atoms with Gasteiger partial charge in [0.2, 0.25) is 0 Å². The molecular formula is C20H16BrN3O. The standard InChI is InChI=1S/C20H16BrN3O/c1-12-18(15-5-3-4-6-17(15)25-2)19(16(11-22)20(23)24-12)13-7-9-14(21)10-8-13/h3-10H,1-2H3,(H2,23,24). The fourth-order valence-corrected chi connectivity index (χ4v) is 3.19. The molecule has 1 heterocycles. The largest absolute Gasteiger partial charge is 0.496 e. The number of aryl methyl sites for hydroxylation is 1. The van der Waals surface area contributed by atoms with Crippen molar-refractivity contribution in [2.45, 2.75) is 6.92 Å². The van der Waals surface area contributed by atoms with Crippen LogP contribution in [0.3, 0.4) is 0 Å². The number of benzene rings is 2. The Morgan fingerprint density at radius 2 is 1.76 bits per heavy atom. The molecule has 0 aliphatic heterocycles. The highest BCUT2D eigenvalue weighted by molar-refractivity contribution is 9.10. The molecule has 0 saturated carbocycles. The van der Waals surface area contributed by atoms with Gasteiger partial charge in [0.1, 0.15) is 23.2 Å². The van der Waals surface area contributed by atoms with E-state index in [-0.39, 0.29) is 5.82 Å². The lowest BCUT2D eigenvalue weighted by atomic mass is 9.90. The number of para-hydroxylation sites is 1. The molecule has 3 aromatic rings. The first-order valence-corrected chi connectivity index (χ1v) is 8.45. The maximum atomic E-state index is 9.69. The van der Waals surface area contributed by atoms with Crippen LogP contribution in [0.25, 0.3) is 22.3 Å². The fourth-order valence-electron chi connectivity index (χ4n) is 2.93. The second-order valence-electron chi connectivity index (χ2n) is 5.53. The molecule has 0 saturated heterocycles. The number of aromatic nitrogens is 1. The van der Waals surface area contributed by atoms with Crippen molar-refractivity contribution >= 4 is 21.7 Å². The van der Waals surface area contributed by atoms with Gasteiger partial charge in [-0.2, -0.15) is 5.26 Å². The van der Waals surface area contributed by atoms with Crippen LogP contribution >= 0.6 is 15.9 Å². The quantitative estimate of drug-likeness (QED) is 0.682. The summed E-state index contributed by atoms with van der Waals surface area (Å²) in [4.78, 5) is 4.39. The molecule has 0 atom stereocenters. The molecule has 0 aliphatic carbocycles. The van der Waals surface area contributed by atoms with Gasteiger partial charge in [0.05, 0.1) is 7.11 Å². The summed E-state index contributed by atoms with van der Waals surface area (Å²) in [6, 6.07) is 17.7. The van der Waals surface area contributed by atoms with Crippen LogP contribution in [0.5, 0.6) is 5.75 Å². The monoisotopic (exact) mass is 393 g/mol. The van der Waals surface area contributed by atoms with Gasteiger partial charge in [-0.15, -0.1) is 0 Å². The number of hydrogen-bond acceptors (Lipinski definition) is 4. The van der Waals surface area contributed by atoms with Gasteiger partial charge in [-0.25, -0.2) is 4.98 Å². The van der Waals surface area contributed by atoms with Gasteiger partial charge < -0.3 is 10.5 Å². The second kappa shape index (κ2) is 6.96. The third kappa shape index (κ3) is 3.09. The Balaban J connectivity index is 2.43. The molecule has 1 aromatic heterocycles. The molecule has 5 heteroatoms. The number of pyridine rings is 1. The smallest absolute Gasteiger partial charge is 0.142 e. The summed E-state index contributed by atoms with van der Waals surface area (Å²) in [7, 11) is 1.63. The number of nitrogens with two attached hydrogens (primary N) is 1. The Kier molecular flexibility index (Phi) is 4.73. The number of halogens is 1.